The molecule has 2 heterocycles. The first-order valence-electron chi connectivity index (χ1n) is 5.96. The first-order valence-corrected chi connectivity index (χ1v) is 5.96. The van der Waals surface area contributed by atoms with Crippen LogP contribution in [0.1, 0.15) is 17.7 Å². The molecule has 98 valence electrons. The van der Waals surface area contributed by atoms with E-state index < -0.39 is 6.43 Å². The van der Waals surface area contributed by atoms with Crippen molar-refractivity contribution in [2.45, 2.75) is 6.43 Å². The Balaban J connectivity index is 2.28. The number of rotatable bonds is 2. The highest BCUT2D eigenvalue weighted by Gasteiger charge is 2.16. The van der Waals surface area contributed by atoms with Gasteiger partial charge < -0.3 is 4.98 Å². The Hall–Kier alpha value is -2.74. The van der Waals surface area contributed by atoms with Crippen LogP contribution in [0, 0.1) is 11.3 Å². The number of hydrogen-bond donors (Lipinski definition) is 1. The van der Waals surface area contributed by atoms with Crippen LogP contribution in [0.25, 0.3) is 22.2 Å². The average molecular weight is 269 g/mol. The third kappa shape index (κ3) is 1.91. The molecule has 5 heteroatoms. The Morgan fingerprint density at radius 1 is 1.10 bits per heavy atom. The predicted molar refractivity (Wildman–Crippen MR) is 71.2 cm³/mol. The van der Waals surface area contributed by atoms with Crippen molar-refractivity contribution in [1.29, 1.82) is 5.26 Å². The molecule has 0 unspecified atom stereocenters. The van der Waals surface area contributed by atoms with Crippen molar-refractivity contribution >= 4 is 11.0 Å². The second kappa shape index (κ2) is 4.74. The Morgan fingerprint density at radius 3 is 2.65 bits per heavy atom. The lowest BCUT2D eigenvalue weighted by atomic mass is 10.0. The van der Waals surface area contributed by atoms with Crippen LogP contribution in [0.2, 0.25) is 0 Å². The molecule has 20 heavy (non-hydrogen) atoms. The number of aromatic nitrogens is 2. The van der Waals surface area contributed by atoms with Gasteiger partial charge in [-0.2, -0.15) is 5.26 Å². The smallest absolute Gasteiger partial charge is 0.264 e. The molecule has 0 spiro atoms. The van der Waals surface area contributed by atoms with Gasteiger partial charge in [-0.15, -0.1) is 0 Å². The van der Waals surface area contributed by atoms with E-state index in [1.165, 1.54) is 6.07 Å². The molecule has 0 radical (unpaired) electrons. The lowest BCUT2D eigenvalue weighted by Gasteiger charge is -2.07. The predicted octanol–water partition coefficient (Wildman–Crippen LogP) is 4.04. The van der Waals surface area contributed by atoms with Gasteiger partial charge in [0.2, 0.25) is 0 Å². The maximum Gasteiger partial charge on any atom is 0.264 e. The van der Waals surface area contributed by atoms with Crippen molar-refractivity contribution in [3.63, 3.8) is 0 Å². The molecule has 0 aliphatic rings. The fraction of sp³-hybridized carbons (Fsp3) is 0.0667. The van der Waals surface area contributed by atoms with Gasteiger partial charge in [-0.1, -0.05) is 24.3 Å². The van der Waals surface area contributed by atoms with Crippen LogP contribution in [-0.2, 0) is 0 Å². The van der Waals surface area contributed by atoms with Crippen LogP contribution in [-0.4, -0.2) is 9.97 Å². The number of nitrogens with zero attached hydrogens (tertiary/aromatic N) is 2. The summed E-state index contributed by atoms with van der Waals surface area (Å²) in [6, 6.07) is 11.6. The number of hydrogen-bond acceptors (Lipinski definition) is 2. The Kier molecular flexibility index (Phi) is 2.92. The monoisotopic (exact) mass is 269 g/mol. The van der Waals surface area contributed by atoms with Crippen molar-refractivity contribution in [3.8, 4) is 17.2 Å². The van der Waals surface area contributed by atoms with Gasteiger partial charge in [0.1, 0.15) is 11.8 Å². The van der Waals surface area contributed by atoms with E-state index in [9.17, 15) is 8.78 Å². The lowest BCUT2D eigenvalue weighted by Crippen LogP contribution is -1.90. The minimum atomic E-state index is -2.56. The zero-order chi connectivity index (χ0) is 14.1. The summed E-state index contributed by atoms with van der Waals surface area (Å²) >= 11 is 0. The molecular weight excluding hydrogens is 260 g/mol. The van der Waals surface area contributed by atoms with Crippen LogP contribution < -0.4 is 0 Å². The third-order valence-corrected chi connectivity index (χ3v) is 3.12. The summed E-state index contributed by atoms with van der Waals surface area (Å²) < 4.78 is 26.2. The Labute approximate surface area is 113 Å². The number of nitriles is 1. The third-order valence-electron chi connectivity index (χ3n) is 3.12. The largest absolute Gasteiger partial charge is 0.359 e. The number of nitrogens with one attached hydrogen (secondary N) is 1. The van der Waals surface area contributed by atoms with E-state index in [0.29, 0.717) is 22.2 Å². The molecular formula is C15H9F2N3. The van der Waals surface area contributed by atoms with Crippen molar-refractivity contribution in [2.75, 3.05) is 0 Å². The summed E-state index contributed by atoms with van der Waals surface area (Å²) in [7, 11) is 0. The van der Waals surface area contributed by atoms with Crippen LogP contribution in [0.5, 0.6) is 0 Å². The quantitative estimate of drug-likeness (QED) is 0.763. The Morgan fingerprint density at radius 2 is 1.90 bits per heavy atom. The number of pyridine rings is 1. The van der Waals surface area contributed by atoms with E-state index in [-0.39, 0.29) is 11.3 Å². The summed E-state index contributed by atoms with van der Waals surface area (Å²) in [5, 5.41) is 8.90. The van der Waals surface area contributed by atoms with Gasteiger partial charge in [0.25, 0.3) is 6.43 Å². The van der Waals surface area contributed by atoms with Gasteiger partial charge in [0.05, 0.1) is 11.0 Å². The zero-order valence-corrected chi connectivity index (χ0v) is 10.3. The first kappa shape index (κ1) is 12.3. The van der Waals surface area contributed by atoms with Crippen molar-refractivity contribution in [3.05, 3.63) is 53.9 Å². The number of alkyl halides is 2. The second-order valence-corrected chi connectivity index (χ2v) is 4.29. The summed E-state index contributed by atoms with van der Waals surface area (Å²) in [5.74, 6) is 0. The van der Waals surface area contributed by atoms with E-state index in [2.05, 4.69) is 9.97 Å². The van der Waals surface area contributed by atoms with E-state index in [1.807, 2.05) is 6.07 Å². The van der Waals surface area contributed by atoms with Crippen molar-refractivity contribution in [2.24, 2.45) is 0 Å². The van der Waals surface area contributed by atoms with Crippen molar-refractivity contribution in [1.82, 2.24) is 9.97 Å². The fourth-order valence-electron chi connectivity index (χ4n) is 2.20. The van der Waals surface area contributed by atoms with E-state index in [4.69, 9.17) is 5.26 Å². The van der Waals surface area contributed by atoms with Crippen molar-refractivity contribution < 1.29 is 8.78 Å². The SMILES string of the molecule is N#Cc1ccc2[nH]cc(-c3ccccc3C(F)F)c2n1. The number of aromatic amines is 1. The highest BCUT2D eigenvalue weighted by atomic mass is 19.3. The zero-order valence-electron chi connectivity index (χ0n) is 10.3. The molecule has 2 aromatic heterocycles. The molecule has 0 atom stereocenters. The summed E-state index contributed by atoms with van der Waals surface area (Å²) in [6.07, 6.45) is -0.921. The molecule has 1 N–H and O–H groups in total. The van der Waals surface area contributed by atoms with E-state index in [0.717, 1.165) is 0 Å². The van der Waals surface area contributed by atoms with Crippen LogP contribution in [0.3, 0.4) is 0 Å². The highest BCUT2D eigenvalue weighted by Crippen LogP contribution is 2.34. The summed E-state index contributed by atoms with van der Waals surface area (Å²) in [6.45, 7) is 0. The summed E-state index contributed by atoms with van der Waals surface area (Å²) in [4.78, 5) is 7.18. The number of fused-ring (bicyclic) bond motifs is 1. The number of halogens is 2. The van der Waals surface area contributed by atoms with Gasteiger partial charge in [0.15, 0.2) is 0 Å². The Bertz CT molecular complexity index is 815. The van der Waals surface area contributed by atoms with Gasteiger partial charge in [-0.25, -0.2) is 13.8 Å². The standard InChI is InChI=1S/C15H9F2N3/c16-15(17)11-4-2-1-3-10(11)12-8-19-13-6-5-9(7-18)20-14(12)13/h1-6,8,15,19H. The molecule has 0 aliphatic carbocycles. The minimum absolute atomic E-state index is 0.0439. The van der Waals surface area contributed by atoms with Gasteiger partial charge in [0, 0.05) is 17.3 Å². The molecule has 0 saturated carbocycles. The fourth-order valence-corrected chi connectivity index (χ4v) is 2.20. The molecule has 0 fully saturated rings. The molecule has 0 amide bonds. The van der Waals surface area contributed by atoms with Crippen LogP contribution in [0.4, 0.5) is 8.78 Å². The van der Waals surface area contributed by atoms with E-state index in [1.54, 1.807) is 36.5 Å². The number of H-pyrrole nitrogens is 1. The number of benzene rings is 1. The first-order chi connectivity index (χ1) is 9.70. The van der Waals surface area contributed by atoms with Gasteiger partial charge in [-0.3, -0.25) is 0 Å². The molecule has 3 rings (SSSR count). The topological polar surface area (TPSA) is 52.5 Å². The molecule has 0 saturated heterocycles. The van der Waals surface area contributed by atoms with E-state index >= 15 is 0 Å². The maximum absolute atomic E-state index is 13.1. The van der Waals surface area contributed by atoms with Gasteiger partial charge in [-0.05, 0) is 17.7 Å². The second-order valence-electron chi connectivity index (χ2n) is 4.29. The van der Waals surface area contributed by atoms with Crippen LogP contribution >= 0.6 is 0 Å². The molecule has 3 nitrogen and oxygen atoms in total. The molecule has 1 aromatic carbocycles. The summed E-state index contributed by atoms with van der Waals surface area (Å²) in [5.41, 5.74) is 2.45. The normalized spacial score (nSPS) is 10.9. The highest BCUT2D eigenvalue weighted by molar-refractivity contribution is 5.93. The lowest BCUT2D eigenvalue weighted by molar-refractivity contribution is 0.152. The average Bonchev–Trinajstić information content (AvgIpc) is 2.89. The van der Waals surface area contributed by atoms with Crippen LogP contribution in [0.15, 0.2) is 42.6 Å². The maximum atomic E-state index is 13.1. The molecule has 0 bridgehead atoms. The van der Waals surface area contributed by atoms with Gasteiger partial charge >= 0.3 is 0 Å². The molecule has 0 aliphatic heterocycles. The molecule has 3 aromatic rings. The minimum Gasteiger partial charge on any atom is -0.359 e.